The molecule has 70 valence electrons. The van der Waals surface area contributed by atoms with Crippen molar-refractivity contribution in [1.29, 1.82) is 5.41 Å². The van der Waals surface area contributed by atoms with Crippen LogP contribution in [0, 0.1) is 5.41 Å². The van der Waals surface area contributed by atoms with Gasteiger partial charge in [0.1, 0.15) is 0 Å². The van der Waals surface area contributed by atoms with E-state index in [4.69, 9.17) is 11.1 Å². The summed E-state index contributed by atoms with van der Waals surface area (Å²) in [5.74, 6) is 0.0421. The van der Waals surface area contributed by atoms with Gasteiger partial charge < -0.3 is 0 Å². The number of nitrogen functional groups attached to an aromatic ring is 1. The van der Waals surface area contributed by atoms with E-state index in [1.54, 1.807) is 4.57 Å². The zero-order valence-corrected chi connectivity index (χ0v) is 8.33. The van der Waals surface area contributed by atoms with Crippen LogP contribution < -0.4 is 10.3 Å². The largest absolute Gasteiger partial charge is 0.386 e. The van der Waals surface area contributed by atoms with Gasteiger partial charge in [0.05, 0.1) is 12.4 Å². The fourth-order valence-corrected chi connectivity index (χ4v) is 1.09. The summed E-state index contributed by atoms with van der Waals surface area (Å²) in [4.78, 5) is 0. The third-order valence-electron chi connectivity index (χ3n) is 1.97. The van der Waals surface area contributed by atoms with Crippen LogP contribution in [-0.2, 0) is 5.41 Å². The highest BCUT2D eigenvalue weighted by atomic mass is 15.1. The lowest BCUT2D eigenvalue weighted by Gasteiger charge is -2.18. The number of aromatic nitrogens is 1. The third-order valence-corrected chi connectivity index (χ3v) is 1.97. The minimum atomic E-state index is 0.0421. The van der Waals surface area contributed by atoms with Crippen LogP contribution in [0.5, 0.6) is 0 Å². The average molecular weight is 178 g/mol. The Morgan fingerprint density at radius 3 is 2.08 bits per heavy atom. The fraction of sp³-hybridized carbons (Fsp3) is 0.400. The Morgan fingerprint density at radius 1 is 1.31 bits per heavy atom. The zero-order chi connectivity index (χ0) is 10.1. The van der Waals surface area contributed by atoms with Crippen LogP contribution in [0.4, 0.5) is 0 Å². The van der Waals surface area contributed by atoms with Crippen molar-refractivity contribution in [2.24, 2.45) is 5.73 Å². The van der Waals surface area contributed by atoms with Crippen molar-refractivity contribution in [3.63, 3.8) is 0 Å². The molecule has 0 fully saturated rings. The van der Waals surface area contributed by atoms with Gasteiger partial charge in [-0.1, -0.05) is 20.8 Å². The molecular formula is C10H16N3+. The maximum atomic E-state index is 7.20. The van der Waals surface area contributed by atoms with Gasteiger partial charge in [0, 0.05) is 0 Å². The van der Waals surface area contributed by atoms with E-state index in [9.17, 15) is 0 Å². The molecule has 0 aliphatic heterocycles. The molecule has 3 heteroatoms. The van der Waals surface area contributed by atoms with E-state index < -0.39 is 0 Å². The van der Waals surface area contributed by atoms with Crippen molar-refractivity contribution < 1.29 is 4.57 Å². The van der Waals surface area contributed by atoms with Crippen LogP contribution in [0.25, 0.3) is 0 Å². The molecule has 0 aliphatic carbocycles. The normalized spacial score (nSPS) is 11.3. The average Bonchev–Trinajstić information content (AvgIpc) is 2.03. The first-order chi connectivity index (χ1) is 5.91. The highest BCUT2D eigenvalue weighted by Crippen LogP contribution is 2.19. The molecule has 0 unspecified atom stereocenters. The highest BCUT2D eigenvalue weighted by Gasteiger charge is 2.13. The summed E-state index contributed by atoms with van der Waals surface area (Å²) in [5, 5.41) is 7.20. The molecule has 0 saturated carbocycles. The molecule has 1 heterocycles. The Kier molecular flexibility index (Phi) is 2.36. The van der Waals surface area contributed by atoms with Gasteiger partial charge in [-0.3, -0.25) is 5.73 Å². The maximum Gasteiger partial charge on any atom is 0.386 e. The van der Waals surface area contributed by atoms with Crippen LogP contribution >= 0.6 is 0 Å². The van der Waals surface area contributed by atoms with Gasteiger partial charge in [0.2, 0.25) is 0 Å². The highest BCUT2D eigenvalue weighted by molar-refractivity contribution is 5.64. The molecular weight excluding hydrogens is 162 g/mol. The first-order valence-electron chi connectivity index (χ1n) is 4.27. The predicted octanol–water partition coefficient (Wildman–Crippen LogP) is 1.01. The molecule has 1 aromatic rings. The molecule has 0 atom stereocenters. The van der Waals surface area contributed by atoms with E-state index in [1.165, 1.54) is 5.56 Å². The molecule has 0 aromatic carbocycles. The van der Waals surface area contributed by atoms with E-state index in [-0.39, 0.29) is 11.4 Å². The lowest BCUT2D eigenvalue weighted by Crippen LogP contribution is -2.47. The van der Waals surface area contributed by atoms with E-state index in [0.717, 1.165) is 0 Å². The molecule has 0 radical (unpaired) electrons. The molecule has 13 heavy (non-hydrogen) atoms. The van der Waals surface area contributed by atoms with Crippen molar-refractivity contribution in [2.45, 2.75) is 26.2 Å². The second-order valence-corrected chi connectivity index (χ2v) is 4.13. The maximum absolute atomic E-state index is 7.20. The molecule has 0 saturated heterocycles. The third kappa shape index (κ3) is 2.28. The Balaban J connectivity index is 3.01. The van der Waals surface area contributed by atoms with E-state index >= 15 is 0 Å². The first kappa shape index (κ1) is 9.71. The van der Waals surface area contributed by atoms with E-state index in [2.05, 4.69) is 20.8 Å². The number of pyridine rings is 1. The number of nitrogens with two attached hydrogens (primary N) is 1. The number of nitrogens with one attached hydrogen (secondary N) is 1. The summed E-state index contributed by atoms with van der Waals surface area (Å²) in [6, 6.07) is 3.98. The van der Waals surface area contributed by atoms with Crippen LogP contribution in [0.15, 0.2) is 24.5 Å². The Hall–Kier alpha value is -1.38. The van der Waals surface area contributed by atoms with Gasteiger partial charge in [-0.05, 0) is 23.1 Å². The standard InChI is InChI=1S/C10H16N3/c1-10(2,3)8-4-6-13(7-5-8)9(11)12/h4-7H,1-3H3,(H3,11,12)/q+1. The van der Waals surface area contributed by atoms with Gasteiger partial charge in [-0.15, -0.1) is 5.41 Å². The van der Waals surface area contributed by atoms with Crippen molar-refractivity contribution in [1.82, 2.24) is 0 Å². The molecule has 3 nitrogen and oxygen atoms in total. The monoisotopic (exact) mass is 178 g/mol. The SMILES string of the molecule is CC(C)(C)c1cc[n+](C(=N)N)cc1. The topological polar surface area (TPSA) is 53.8 Å². The fourth-order valence-electron chi connectivity index (χ4n) is 1.09. The second kappa shape index (κ2) is 3.17. The second-order valence-electron chi connectivity index (χ2n) is 4.13. The lowest BCUT2D eigenvalue weighted by molar-refractivity contribution is -0.558. The van der Waals surface area contributed by atoms with Crippen molar-refractivity contribution in [2.75, 3.05) is 0 Å². The molecule has 1 aromatic heterocycles. The van der Waals surface area contributed by atoms with Crippen LogP contribution in [0.2, 0.25) is 0 Å². The molecule has 3 N–H and O–H groups in total. The van der Waals surface area contributed by atoms with Crippen LogP contribution in [0.1, 0.15) is 26.3 Å². The smallest absolute Gasteiger partial charge is 0.287 e. The number of nitrogens with zero attached hydrogens (tertiary/aromatic N) is 1. The summed E-state index contributed by atoms with van der Waals surface area (Å²) in [6.45, 7) is 6.46. The molecule has 0 aliphatic rings. The quantitative estimate of drug-likeness (QED) is 0.348. The van der Waals surface area contributed by atoms with Crippen LogP contribution in [-0.4, -0.2) is 5.96 Å². The van der Waals surface area contributed by atoms with Gasteiger partial charge >= 0.3 is 5.96 Å². The number of rotatable bonds is 0. The van der Waals surface area contributed by atoms with E-state index in [1.807, 2.05) is 24.5 Å². The lowest BCUT2D eigenvalue weighted by atomic mass is 9.88. The molecule has 0 spiro atoms. The first-order valence-corrected chi connectivity index (χ1v) is 4.27. The molecule has 0 bridgehead atoms. The summed E-state index contributed by atoms with van der Waals surface area (Å²) in [5.41, 5.74) is 6.71. The van der Waals surface area contributed by atoms with Crippen LogP contribution in [0.3, 0.4) is 0 Å². The van der Waals surface area contributed by atoms with Gasteiger partial charge in [0.15, 0.2) is 0 Å². The minimum absolute atomic E-state index is 0.0421. The molecule has 0 amide bonds. The van der Waals surface area contributed by atoms with Gasteiger partial charge in [-0.2, -0.15) is 0 Å². The summed E-state index contributed by atoms with van der Waals surface area (Å²) < 4.78 is 1.58. The van der Waals surface area contributed by atoms with Crippen molar-refractivity contribution >= 4 is 5.96 Å². The zero-order valence-electron chi connectivity index (χ0n) is 8.33. The van der Waals surface area contributed by atoms with Crippen molar-refractivity contribution in [3.05, 3.63) is 30.1 Å². The number of hydrogen-bond acceptors (Lipinski definition) is 1. The Bertz CT molecular complexity index is 306. The Morgan fingerprint density at radius 2 is 1.77 bits per heavy atom. The summed E-state index contributed by atoms with van der Waals surface area (Å²) in [6.07, 6.45) is 3.62. The summed E-state index contributed by atoms with van der Waals surface area (Å²) >= 11 is 0. The van der Waals surface area contributed by atoms with Crippen molar-refractivity contribution in [3.8, 4) is 0 Å². The Labute approximate surface area is 78.7 Å². The van der Waals surface area contributed by atoms with Gasteiger partial charge in [0.25, 0.3) is 0 Å². The summed E-state index contributed by atoms with van der Waals surface area (Å²) in [7, 11) is 0. The predicted molar refractivity (Wildman–Crippen MR) is 52.6 cm³/mol. The molecule has 1 rings (SSSR count). The number of hydrogen-bond donors (Lipinski definition) is 2. The minimum Gasteiger partial charge on any atom is -0.287 e. The van der Waals surface area contributed by atoms with Gasteiger partial charge in [-0.25, -0.2) is 4.57 Å². The van der Waals surface area contributed by atoms with E-state index in [0.29, 0.717) is 0 Å².